The zero-order valence-corrected chi connectivity index (χ0v) is 15.4. The first-order valence-electron chi connectivity index (χ1n) is 7.28. The van der Waals surface area contributed by atoms with E-state index in [2.05, 4.69) is 40.0 Å². The minimum Gasteiger partial charge on any atom is -1.00 e. The molecule has 1 aromatic rings. The summed E-state index contributed by atoms with van der Waals surface area (Å²) in [5, 5.41) is 0. The molecule has 0 bridgehead atoms. The number of aromatic nitrogens is 1. The van der Waals surface area contributed by atoms with E-state index in [1.54, 1.807) is 0 Å². The number of Topliss-reactive ketones (excluding diaryl/α,β-unsaturated/α-hetero) is 1. The maximum absolute atomic E-state index is 12.5. The van der Waals surface area contributed by atoms with Crippen molar-refractivity contribution in [3.8, 4) is 0 Å². The van der Waals surface area contributed by atoms with Crippen molar-refractivity contribution in [1.29, 1.82) is 0 Å². The highest BCUT2D eigenvalue weighted by molar-refractivity contribution is 5.99. The van der Waals surface area contributed by atoms with Crippen molar-refractivity contribution in [2.24, 2.45) is 0 Å². The first-order chi connectivity index (χ1) is 8.76. The molecule has 0 saturated heterocycles. The molecule has 0 saturated carbocycles. The fraction of sp³-hybridized carbons (Fsp3) is 0.688. The molecule has 1 aromatic heterocycles. The summed E-state index contributed by atoms with van der Waals surface area (Å²) in [6, 6.07) is 0. The SMILES string of the molecule is CCCCc1c(C)[nH]c(C)c1C(=O)CC[N+](C)(C)C.[Br-]. The predicted molar refractivity (Wildman–Crippen MR) is 80.7 cm³/mol. The summed E-state index contributed by atoms with van der Waals surface area (Å²) in [7, 11) is 6.38. The van der Waals surface area contributed by atoms with Crippen molar-refractivity contribution in [2.45, 2.75) is 46.5 Å². The highest BCUT2D eigenvalue weighted by atomic mass is 79.9. The van der Waals surface area contributed by atoms with Crippen LogP contribution in [-0.2, 0) is 6.42 Å². The third-order valence-electron chi connectivity index (χ3n) is 3.57. The van der Waals surface area contributed by atoms with E-state index in [0.29, 0.717) is 12.2 Å². The predicted octanol–water partition coefficient (Wildman–Crippen LogP) is 0.257. The van der Waals surface area contributed by atoms with Gasteiger partial charge < -0.3 is 26.4 Å². The van der Waals surface area contributed by atoms with Crippen LogP contribution in [0.15, 0.2) is 0 Å². The number of aryl methyl sites for hydroxylation is 2. The molecule has 0 fully saturated rings. The van der Waals surface area contributed by atoms with Crippen LogP contribution in [0.1, 0.15) is 53.5 Å². The van der Waals surface area contributed by atoms with E-state index in [1.165, 1.54) is 11.3 Å². The van der Waals surface area contributed by atoms with Crippen LogP contribution in [0.5, 0.6) is 0 Å². The molecule has 0 spiro atoms. The maximum atomic E-state index is 12.5. The van der Waals surface area contributed by atoms with Crippen molar-refractivity contribution in [3.63, 3.8) is 0 Å². The molecule has 1 heterocycles. The van der Waals surface area contributed by atoms with Crippen molar-refractivity contribution in [1.82, 2.24) is 4.98 Å². The van der Waals surface area contributed by atoms with Gasteiger partial charge in [-0.1, -0.05) is 13.3 Å². The third-order valence-corrected chi connectivity index (χ3v) is 3.57. The fourth-order valence-corrected chi connectivity index (χ4v) is 2.44. The molecule has 0 aliphatic rings. The number of hydrogen-bond donors (Lipinski definition) is 1. The van der Waals surface area contributed by atoms with Gasteiger partial charge >= 0.3 is 0 Å². The molecular formula is C16H29BrN2O. The normalized spacial score (nSPS) is 11.3. The second-order valence-corrected chi connectivity index (χ2v) is 6.52. The summed E-state index contributed by atoms with van der Waals surface area (Å²) in [4.78, 5) is 15.8. The average Bonchev–Trinajstić information content (AvgIpc) is 2.57. The first-order valence-corrected chi connectivity index (χ1v) is 7.28. The lowest BCUT2D eigenvalue weighted by Crippen LogP contribution is -3.00. The molecule has 0 amide bonds. The largest absolute Gasteiger partial charge is 1.00 e. The Labute approximate surface area is 134 Å². The van der Waals surface area contributed by atoms with Crippen LogP contribution in [-0.4, -0.2) is 42.9 Å². The number of quaternary nitrogens is 1. The minimum absolute atomic E-state index is 0. The molecule has 0 aliphatic heterocycles. The number of rotatable bonds is 7. The smallest absolute Gasteiger partial charge is 0.170 e. The average molecular weight is 345 g/mol. The number of carbonyl (C=O) groups excluding carboxylic acids is 1. The lowest BCUT2D eigenvalue weighted by atomic mass is 9.98. The summed E-state index contributed by atoms with van der Waals surface area (Å²) < 4.78 is 0.832. The van der Waals surface area contributed by atoms with Crippen LogP contribution in [0.25, 0.3) is 0 Å². The van der Waals surface area contributed by atoms with Crippen LogP contribution >= 0.6 is 0 Å². The van der Waals surface area contributed by atoms with Gasteiger partial charge in [0.1, 0.15) is 0 Å². The van der Waals surface area contributed by atoms with Crippen molar-refractivity contribution in [3.05, 3.63) is 22.5 Å². The molecule has 4 heteroatoms. The Balaban J connectivity index is 0.00000361. The molecule has 3 nitrogen and oxygen atoms in total. The van der Waals surface area contributed by atoms with Gasteiger partial charge in [0.2, 0.25) is 0 Å². The van der Waals surface area contributed by atoms with E-state index >= 15 is 0 Å². The number of halogens is 1. The fourth-order valence-electron chi connectivity index (χ4n) is 2.44. The molecule has 0 aliphatic carbocycles. The molecular weight excluding hydrogens is 316 g/mol. The minimum atomic E-state index is 0. The summed E-state index contributed by atoms with van der Waals surface area (Å²) >= 11 is 0. The molecule has 0 radical (unpaired) electrons. The van der Waals surface area contributed by atoms with Gasteiger partial charge in [-0.3, -0.25) is 4.79 Å². The zero-order chi connectivity index (χ0) is 14.6. The number of carbonyl (C=O) groups is 1. The van der Waals surface area contributed by atoms with Crippen molar-refractivity contribution >= 4 is 5.78 Å². The van der Waals surface area contributed by atoms with Crippen LogP contribution in [0.4, 0.5) is 0 Å². The lowest BCUT2D eigenvalue weighted by Gasteiger charge is -2.23. The van der Waals surface area contributed by atoms with Gasteiger partial charge in [0.25, 0.3) is 0 Å². The molecule has 1 N–H and O–H groups in total. The summed E-state index contributed by atoms with van der Waals surface area (Å²) in [6.45, 7) is 7.17. The molecule has 1 rings (SSSR count). The Morgan fingerprint density at radius 1 is 1.15 bits per heavy atom. The van der Waals surface area contributed by atoms with Crippen LogP contribution in [0.3, 0.4) is 0 Å². The van der Waals surface area contributed by atoms with E-state index < -0.39 is 0 Å². The number of aromatic amines is 1. The van der Waals surface area contributed by atoms with E-state index in [0.717, 1.165) is 41.5 Å². The standard InChI is InChI=1S/C16H28N2O.BrH/c1-7-8-9-14-12(2)17-13(3)16(14)15(19)10-11-18(4,5)6;/h7-11H2,1-6H3;1H. The first kappa shape index (κ1) is 19.4. The molecule has 0 atom stereocenters. The zero-order valence-electron chi connectivity index (χ0n) is 13.8. The van der Waals surface area contributed by atoms with Gasteiger partial charge in [-0.05, 0) is 32.3 Å². The number of ketones is 1. The monoisotopic (exact) mass is 344 g/mol. The van der Waals surface area contributed by atoms with Crippen LogP contribution in [0.2, 0.25) is 0 Å². The van der Waals surface area contributed by atoms with E-state index in [9.17, 15) is 4.79 Å². The van der Waals surface area contributed by atoms with Crippen LogP contribution in [0, 0.1) is 13.8 Å². The Hall–Kier alpha value is -0.610. The summed E-state index contributed by atoms with van der Waals surface area (Å²) in [5.74, 6) is 0.293. The Morgan fingerprint density at radius 2 is 1.75 bits per heavy atom. The van der Waals surface area contributed by atoms with Gasteiger partial charge in [-0.15, -0.1) is 0 Å². The maximum Gasteiger partial charge on any atom is 0.170 e. The lowest BCUT2D eigenvalue weighted by molar-refractivity contribution is -0.869. The van der Waals surface area contributed by atoms with E-state index in [-0.39, 0.29) is 17.0 Å². The topological polar surface area (TPSA) is 32.9 Å². The van der Waals surface area contributed by atoms with Gasteiger partial charge in [0, 0.05) is 17.0 Å². The Bertz CT molecular complexity index is 444. The van der Waals surface area contributed by atoms with Gasteiger partial charge in [0.15, 0.2) is 5.78 Å². The van der Waals surface area contributed by atoms with Gasteiger partial charge in [-0.25, -0.2) is 0 Å². The number of H-pyrrole nitrogens is 1. The summed E-state index contributed by atoms with van der Waals surface area (Å²) in [6.07, 6.45) is 3.95. The number of nitrogens with zero attached hydrogens (tertiary/aromatic N) is 1. The van der Waals surface area contributed by atoms with E-state index in [4.69, 9.17) is 0 Å². The number of unbranched alkanes of at least 4 members (excludes halogenated alkanes) is 1. The van der Waals surface area contributed by atoms with E-state index in [1.807, 2.05) is 6.92 Å². The number of nitrogens with one attached hydrogen (secondary N) is 1. The Morgan fingerprint density at radius 3 is 2.25 bits per heavy atom. The molecule has 0 unspecified atom stereocenters. The quantitative estimate of drug-likeness (QED) is 0.558. The van der Waals surface area contributed by atoms with Crippen LogP contribution < -0.4 is 17.0 Å². The third kappa shape index (κ3) is 5.41. The van der Waals surface area contributed by atoms with Gasteiger partial charge in [0.05, 0.1) is 34.1 Å². The molecule has 116 valence electrons. The second-order valence-electron chi connectivity index (χ2n) is 6.52. The van der Waals surface area contributed by atoms with Gasteiger partial charge in [-0.2, -0.15) is 0 Å². The molecule has 0 aromatic carbocycles. The molecule has 20 heavy (non-hydrogen) atoms. The summed E-state index contributed by atoms with van der Waals surface area (Å²) in [5.41, 5.74) is 4.40. The number of hydrogen-bond acceptors (Lipinski definition) is 1. The van der Waals surface area contributed by atoms with Crippen molar-refractivity contribution < 1.29 is 26.3 Å². The highest BCUT2D eigenvalue weighted by Crippen LogP contribution is 2.22. The highest BCUT2D eigenvalue weighted by Gasteiger charge is 2.20. The second kappa shape index (κ2) is 7.99. The Kier molecular flexibility index (Phi) is 7.74. The van der Waals surface area contributed by atoms with Crippen molar-refractivity contribution in [2.75, 3.05) is 27.7 Å².